The minimum absolute atomic E-state index is 0.120. The van der Waals surface area contributed by atoms with E-state index in [-0.39, 0.29) is 25.5 Å². The minimum atomic E-state index is -0.953. The van der Waals surface area contributed by atoms with Gasteiger partial charge in [0.05, 0.1) is 26.4 Å². The average molecular weight is 544 g/mol. The number of rotatable bonds is 15. The van der Waals surface area contributed by atoms with Gasteiger partial charge in [0, 0.05) is 30.5 Å². The summed E-state index contributed by atoms with van der Waals surface area (Å²) in [7, 11) is 1.59. The number of nitrogens with one attached hydrogen (secondary N) is 3. The van der Waals surface area contributed by atoms with E-state index in [0.717, 1.165) is 5.56 Å². The predicted molar refractivity (Wildman–Crippen MR) is 146 cm³/mol. The summed E-state index contributed by atoms with van der Waals surface area (Å²) in [6.07, 6.45) is 0.142. The van der Waals surface area contributed by atoms with Gasteiger partial charge in [0.25, 0.3) is 0 Å². The summed E-state index contributed by atoms with van der Waals surface area (Å²) in [5.74, 6) is -0.774. The third-order valence-electron chi connectivity index (χ3n) is 5.04. The van der Waals surface area contributed by atoms with Crippen LogP contribution in [0.3, 0.4) is 0 Å². The molecule has 212 valence electrons. The molecule has 2 rings (SSSR count). The molecule has 3 amide bonds. The van der Waals surface area contributed by atoms with Crippen LogP contribution < -0.4 is 16.0 Å². The molecule has 1 atom stereocenters. The van der Waals surface area contributed by atoms with Crippen LogP contribution in [0.25, 0.3) is 0 Å². The molecule has 11 heteroatoms. The van der Waals surface area contributed by atoms with Crippen LogP contribution in [0.15, 0.2) is 48.5 Å². The Hall–Kier alpha value is -3.80. The summed E-state index contributed by atoms with van der Waals surface area (Å²) in [5.41, 5.74) is 1.51. The Bertz CT molecular complexity index is 1070. The topological polar surface area (TPSA) is 141 Å². The Morgan fingerprint density at radius 2 is 1.44 bits per heavy atom. The van der Waals surface area contributed by atoms with E-state index in [1.54, 1.807) is 76.4 Å². The number of carbonyl (C=O) groups excluding carboxylic acids is 4. The Kier molecular flexibility index (Phi) is 13.1. The first-order valence-electron chi connectivity index (χ1n) is 12.5. The molecule has 0 saturated heterocycles. The number of hydrogen-bond acceptors (Lipinski definition) is 8. The molecule has 3 N–H and O–H groups in total. The molecule has 2 aromatic carbocycles. The number of alkyl carbamates (subject to hydrolysis) is 1. The van der Waals surface area contributed by atoms with Gasteiger partial charge in [0.15, 0.2) is 0 Å². The summed E-state index contributed by atoms with van der Waals surface area (Å²) in [6.45, 7) is 6.66. The van der Waals surface area contributed by atoms with E-state index in [4.69, 9.17) is 18.9 Å². The highest BCUT2D eigenvalue weighted by Gasteiger charge is 2.25. The van der Waals surface area contributed by atoms with Crippen molar-refractivity contribution in [2.24, 2.45) is 0 Å². The highest BCUT2D eigenvalue weighted by molar-refractivity contribution is 5.97. The number of carbonyl (C=O) groups is 4. The molecule has 0 spiro atoms. The monoisotopic (exact) mass is 543 g/mol. The highest BCUT2D eigenvalue weighted by atomic mass is 16.6. The maximum absolute atomic E-state index is 13.0. The summed E-state index contributed by atoms with van der Waals surface area (Å²) >= 11 is 0. The molecule has 39 heavy (non-hydrogen) atoms. The fourth-order valence-electron chi connectivity index (χ4n) is 3.22. The average Bonchev–Trinajstić information content (AvgIpc) is 2.88. The van der Waals surface area contributed by atoms with E-state index in [1.165, 1.54) is 0 Å². The second-order valence-electron chi connectivity index (χ2n) is 9.53. The first-order chi connectivity index (χ1) is 18.6. The van der Waals surface area contributed by atoms with Crippen molar-refractivity contribution < 1.29 is 38.1 Å². The summed E-state index contributed by atoms with van der Waals surface area (Å²) in [5, 5.41) is 8.11. The first kappa shape index (κ1) is 31.4. The van der Waals surface area contributed by atoms with Gasteiger partial charge in [-0.15, -0.1) is 0 Å². The van der Waals surface area contributed by atoms with Gasteiger partial charge < -0.3 is 34.9 Å². The maximum atomic E-state index is 13.0. The smallest absolute Gasteiger partial charge is 0.408 e. The fraction of sp³-hybridized carbons (Fsp3) is 0.429. The normalized spacial score (nSPS) is 11.8. The molecule has 0 aliphatic rings. The molecule has 0 aliphatic heterocycles. The van der Waals surface area contributed by atoms with Crippen molar-refractivity contribution in [2.45, 2.75) is 38.8 Å². The van der Waals surface area contributed by atoms with Crippen molar-refractivity contribution in [3.05, 3.63) is 59.7 Å². The first-order valence-corrected chi connectivity index (χ1v) is 12.5. The van der Waals surface area contributed by atoms with Gasteiger partial charge in [0.2, 0.25) is 11.8 Å². The number of anilines is 2. The SMILES string of the molecule is COCCOCCOCC(=O)Nc1ccc(CC(NC(=O)OC(C)(C)C)C(=O)Nc2ccc(C=O)cc2)cc1. The summed E-state index contributed by atoms with van der Waals surface area (Å²) in [6, 6.07) is 12.3. The molecule has 0 radical (unpaired) electrons. The van der Waals surface area contributed by atoms with Crippen LogP contribution in [0.4, 0.5) is 16.2 Å². The molecule has 0 aliphatic carbocycles. The molecule has 11 nitrogen and oxygen atoms in total. The Balaban J connectivity index is 1.96. The lowest BCUT2D eigenvalue weighted by molar-refractivity contribution is -0.121. The molecule has 1 unspecified atom stereocenters. The summed E-state index contributed by atoms with van der Waals surface area (Å²) in [4.78, 5) is 48.5. The molecular weight excluding hydrogens is 506 g/mol. The quantitative estimate of drug-likeness (QED) is 0.230. The van der Waals surface area contributed by atoms with E-state index in [1.807, 2.05) is 0 Å². The molecule has 0 saturated carbocycles. The van der Waals surface area contributed by atoms with Crippen LogP contribution in [-0.4, -0.2) is 76.0 Å². The minimum Gasteiger partial charge on any atom is -0.444 e. The molecule has 2 aromatic rings. The van der Waals surface area contributed by atoms with Crippen LogP contribution in [0.5, 0.6) is 0 Å². The van der Waals surface area contributed by atoms with Crippen LogP contribution in [0.1, 0.15) is 36.7 Å². The second-order valence-corrected chi connectivity index (χ2v) is 9.53. The maximum Gasteiger partial charge on any atom is 0.408 e. The van der Waals surface area contributed by atoms with Crippen LogP contribution in [0.2, 0.25) is 0 Å². The predicted octanol–water partition coefficient (Wildman–Crippen LogP) is 3.19. The Morgan fingerprint density at radius 3 is 2.05 bits per heavy atom. The van der Waals surface area contributed by atoms with Crippen molar-refractivity contribution in [2.75, 3.05) is 50.8 Å². The molecule has 0 heterocycles. The molecule has 0 aromatic heterocycles. The fourth-order valence-corrected chi connectivity index (χ4v) is 3.22. The number of aldehydes is 1. The zero-order chi connectivity index (χ0) is 28.7. The largest absolute Gasteiger partial charge is 0.444 e. The van der Waals surface area contributed by atoms with Gasteiger partial charge in [-0.2, -0.15) is 0 Å². The van der Waals surface area contributed by atoms with Crippen LogP contribution >= 0.6 is 0 Å². The van der Waals surface area contributed by atoms with Crippen molar-refractivity contribution in [1.29, 1.82) is 0 Å². The molecular formula is C28H37N3O8. The lowest BCUT2D eigenvalue weighted by Gasteiger charge is -2.23. The molecule has 0 bridgehead atoms. The number of benzene rings is 2. The number of methoxy groups -OCH3 is 1. The zero-order valence-electron chi connectivity index (χ0n) is 22.8. The Morgan fingerprint density at radius 1 is 0.846 bits per heavy atom. The number of ether oxygens (including phenoxy) is 4. The van der Waals surface area contributed by atoms with Crippen molar-refractivity contribution >= 4 is 35.6 Å². The van der Waals surface area contributed by atoms with Gasteiger partial charge in [0.1, 0.15) is 24.5 Å². The second kappa shape index (κ2) is 16.2. The van der Waals surface area contributed by atoms with Gasteiger partial charge in [-0.05, 0) is 62.7 Å². The van der Waals surface area contributed by atoms with Crippen molar-refractivity contribution in [3.63, 3.8) is 0 Å². The summed E-state index contributed by atoms with van der Waals surface area (Å²) < 4.78 is 20.8. The highest BCUT2D eigenvalue weighted by Crippen LogP contribution is 2.15. The Labute approximate surface area is 228 Å². The zero-order valence-corrected chi connectivity index (χ0v) is 22.8. The number of hydrogen-bond donors (Lipinski definition) is 3. The van der Waals surface area contributed by atoms with Crippen molar-refractivity contribution in [3.8, 4) is 0 Å². The van der Waals surface area contributed by atoms with E-state index >= 15 is 0 Å². The lowest BCUT2D eigenvalue weighted by atomic mass is 10.0. The van der Waals surface area contributed by atoms with Crippen LogP contribution in [-0.2, 0) is 35.0 Å². The van der Waals surface area contributed by atoms with E-state index in [0.29, 0.717) is 43.0 Å². The van der Waals surface area contributed by atoms with E-state index in [9.17, 15) is 19.2 Å². The third kappa shape index (κ3) is 13.0. The van der Waals surface area contributed by atoms with Gasteiger partial charge in [-0.3, -0.25) is 14.4 Å². The van der Waals surface area contributed by atoms with Gasteiger partial charge in [-0.1, -0.05) is 12.1 Å². The lowest BCUT2D eigenvalue weighted by Crippen LogP contribution is -2.47. The van der Waals surface area contributed by atoms with Crippen molar-refractivity contribution in [1.82, 2.24) is 5.32 Å². The third-order valence-corrected chi connectivity index (χ3v) is 5.04. The van der Waals surface area contributed by atoms with E-state index in [2.05, 4.69) is 16.0 Å². The van der Waals surface area contributed by atoms with Crippen LogP contribution in [0, 0.1) is 0 Å². The standard InChI is InChI=1S/C28H37N3O8/c1-28(2,3)39-27(35)31-24(26(34)30-23-11-7-21(18-32)8-12-23)17-20-5-9-22(10-6-20)29-25(33)19-38-16-15-37-14-13-36-4/h5-12,18,24H,13-17,19H2,1-4H3,(H,29,33)(H,30,34)(H,31,35). The number of amides is 3. The van der Waals surface area contributed by atoms with Gasteiger partial charge >= 0.3 is 6.09 Å². The van der Waals surface area contributed by atoms with Gasteiger partial charge in [-0.25, -0.2) is 4.79 Å². The molecule has 0 fully saturated rings. The van der Waals surface area contributed by atoms with E-state index < -0.39 is 23.6 Å².